The van der Waals surface area contributed by atoms with Crippen LogP contribution >= 0.6 is 11.3 Å². The molecule has 0 bridgehead atoms. The smallest absolute Gasteiger partial charge is 0.224 e. The SMILES string of the molecule is Cc1nc(-c2ccc(CC(=O)NCC3CCN(c4ccc(F)c(F)c4)C3)cc2)cs1. The molecule has 156 valence electrons. The zero-order valence-electron chi connectivity index (χ0n) is 16.7. The molecule has 0 aliphatic carbocycles. The molecular formula is C23H23F2N3OS. The summed E-state index contributed by atoms with van der Waals surface area (Å²) < 4.78 is 26.6. The first-order chi connectivity index (χ1) is 14.5. The fraction of sp³-hybridized carbons (Fsp3) is 0.304. The van der Waals surface area contributed by atoms with E-state index in [4.69, 9.17) is 0 Å². The lowest BCUT2D eigenvalue weighted by Gasteiger charge is -2.19. The van der Waals surface area contributed by atoms with Gasteiger partial charge in [-0.1, -0.05) is 24.3 Å². The summed E-state index contributed by atoms with van der Waals surface area (Å²) in [4.78, 5) is 18.8. The van der Waals surface area contributed by atoms with E-state index in [1.54, 1.807) is 17.4 Å². The summed E-state index contributed by atoms with van der Waals surface area (Å²) in [6.45, 7) is 4.04. The number of anilines is 1. The Kier molecular flexibility index (Phi) is 6.08. The zero-order chi connectivity index (χ0) is 21.1. The van der Waals surface area contributed by atoms with E-state index in [9.17, 15) is 13.6 Å². The van der Waals surface area contributed by atoms with Gasteiger partial charge in [0.25, 0.3) is 0 Å². The summed E-state index contributed by atoms with van der Waals surface area (Å²) in [6.07, 6.45) is 1.23. The van der Waals surface area contributed by atoms with Crippen LogP contribution in [0.5, 0.6) is 0 Å². The zero-order valence-corrected chi connectivity index (χ0v) is 17.5. The summed E-state index contributed by atoms with van der Waals surface area (Å²) in [5.41, 5.74) is 3.64. The molecule has 1 unspecified atom stereocenters. The van der Waals surface area contributed by atoms with Crippen molar-refractivity contribution < 1.29 is 13.6 Å². The summed E-state index contributed by atoms with van der Waals surface area (Å²) in [6, 6.07) is 11.9. The van der Waals surface area contributed by atoms with Gasteiger partial charge in [-0.2, -0.15) is 0 Å². The molecule has 3 aromatic rings. The number of nitrogens with one attached hydrogen (secondary N) is 1. The fourth-order valence-corrected chi connectivity index (χ4v) is 4.33. The lowest BCUT2D eigenvalue weighted by atomic mass is 10.1. The van der Waals surface area contributed by atoms with Gasteiger partial charge in [0, 0.05) is 42.3 Å². The molecule has 0 spiro atoms. The first-order valence-electron chi connectivity index (χ1n) is 9.96. The molecule has 1 amide bonds. The van der Waals surface area contributed by atoms with E-state index in [1.807, 2.05) is 41.5 Å². The van der Waals surface area contributed by atoms with Crippen molar-refractivity contribution in [1.29, 1.82) is 0 Å². The number of aromatic nitrogens is 1. The third kappa shape index (κ3) is 4.84. The van der Waals surface area contributed by atoms with Crippen molar-refractivity contribution in [2.45, 2.75) is 19.8 Å². The van der Waals surface area contributed by atoms with Crippen molar-refractivity contribution in [2.24, 2.45) is 5.92 Å². The molecule has 1 atom stereocenters. The van der Waals surface area contributed by atoms with E-state index in [2.05, 4.69) is 10.3 Å². The van der Waals surface area contributed by atoms with E-state index in [0.29, 0.717) is 25.2 Å². The lowest BCUT2D eigenvalue weighted by Crippen LogP contribution is -2.32. The number of carbonyl (C=O) groups is 1. The van der Waals surface area contributed by atoms with Crippen LogP contribution in [0.15, 0.2) is 47.8 Å². The molecule has 30 heavy (non-hydrogen) atoms. The number of halogens is 2. The van der Waals surface area contributed by atoms with Crippen LogP contribution in [-0.4, -0.2) is 30.5 Å². The Balaban J connectivity index is 1.25. The number of hydrogen-bond donors (Lipinski definition) is 1. The van der Waals surface area contributed by atoms with E-state index < -0.39 is 11.6 Å². The molecular weight excluding hydrogens is 404 g/mol. The van der Waals surface area contributed by atoms with Crippen LogP contribution in [0.1, 0.15) is 17.0 Å². The molecule has 0 saturated carbocycles. The molecule has 4 rings (SSSR count). The number of thiazole rings is 1. The minimum Gasteiger partial charge on any atom is -0.371 e. The van der Waals surface area contributed by atoms with Gasteiger partial charge in [-0.25, -0.2) is 13.8 Å². The van der Waals surface area contributed by atoms with Gasteiger partial charge >= 0.3 is 0 Å². The van der Waals surface area contributed by atoms with E-state index in [1.165, 1.54) is 6.07 Å². The highest BCUT2D eigenvalue weighted by atomic mass is 32.1. The first kappa shape index (κ1) is 20.5. The van der Waals surface area contributed by atoms with Crippen LogP contribution in [0.3, 0.4) is 0 Å². The number of hydrogen-bond acceptors (Lipinski definition) is 4. The second-order valence-corrected chi connectivity index (χ2v) is 8.69. The molecule has 4 nitrogen and oxygen atoms in total. The highest BCUT2D eigenvalue weighted by Crippen LogP contribution is 2.25. The maximum absolute atomic E-state index is 13.5. The minimum absolute atomic E-state index is 0.0153. The van der Waals surface area contributed by atoms with Crippen LogP contribution in [0.4, 0.5) is 14.5 Å². The topological polar surface area (TPSA) is 45.2 Å². The van der Waals surface area contributed by atoms with Crippen LogP contribution < -0.4 is 10.2 Å². The van der Waals surface area contributed by atoms with Gasteiger partial charge < -0.3 is 10.2 Å². The summed E-state index contributed by atoms with van der Waals surface area (Å²) in [5.74, 6) is -1.40. The Morgan fingerprint density at radius 3 is 2.70 bits per heavy atom. The lowest BCUT2D eigenvalue weighted by molar-refractivity contribution is -0.120. The highest BCUT2D eigenvalue weighted by molar-refractivity contribution is 7.09. The van der Waals surface area contributed by atoms with E-state index >= 15 is 0 Å². The average molecular weight is 428 g/mol. The van der Waals surface area contributed by atoms with Crippen LogP contribution in [0.25, 0.3) is 11.3 Å². The van der Waals surface area contributed by atoms with Gasteiger partial charge in [-0.3, -0.25) is 4.79 Å². The first-order valence-corrected chi connectivity index (χ1v) is 10.8. The summed E-state index contributed by atoms with van der Waals surface area (Å²) in [5, 5.41) is 6.07. The molecule has 1 saturated heterocycles. The predicted octanol–water partition coefficient (Wildman–Crippen LogP) is 4.58. The maximum atomic E-state index is 13.5. The number of aryl methyl sites for hydroxylation is 1. The molecule has 0 radical (unpaired) electrons. The Labute approximate surface area is 178 Å². The molecule has 2 heterocycles. The Hall–Kier alpha value is -2.80. The molecule has 2 aromatic carbocycles. The number of benzene rings is 2. The van der Waals surface area contributed by atoms with Crippen LogP contribution in [0.2, 0.25) is 0 Å². The van der Waals surface area contributed by atoms with Gasteiger partial charge in [0.1, 0.15) is 0 Å². The van der Waals surface area contributed by atoms with Gasteiger partial charge in [0.2, 0.25) is 5.91 Å². The summed E-state index contributed by atoms with van der Waals surface area (Å²) >= 11 is 1.62. The second kappa shape index (κ2) is 8.92. The molecule has 1 aliphatic heterocycles. The second-order valence-electron chi connectivity index (χ2n) is 7.63. The molecule has 1 aromatic heterocycles. The number of nitrogens with zero attached hydrogens (tertiary/aromatic N) is 2. The van der Waals surface area contributed by atoms with Crippen molar-refractivity contribution in [3.05, 3.63) is 70.1 Å². The predicted molar refractivity (Wildman–Crippen MR) is 116 cm³/mol. The highest BCUT2D eigenvalue weighted by Gasteiger charge is 2.23. The molecule has 7 heteroatoms. The largest absolute Gasteiger partial charge is 0.371 e. The van der Waals surface area contributed by atoms with Crippen LogP contribution in [-0.2, 0) is 11.2 Å². The minimum atomic E-state index is -0.837. The molecule has 1 aliphatic rings. The summed E-state index contributed by atoms with van der Waals surface area (Å²) in [7, 11) is 0. The van der Waals surface area contributed by atoms with Crippen LogP contribution in [0, 0.1) is 24.5 Å². The monoisotopic (exact) mass is 427 g/mol. The third-order valence-electron chi connectivity index (χ3n) is 5.38. The van der Waals surface area contributed by atoms with Crippen molar-refractivity contribution in [2.75, 3.05) is 24.5 Å². The van der Waals surface area contributed by atoms with Crippen molar-refractivity contribution in [3.8, 4) is 11.3 Å². The van der Waals surface area contributed by atoms with Gasteiger partial charge in [0.05, 0.1) is 17.1 Å². The number of amides is 1. The van der Waals surface area contributed by atoms with Gasteiger partial charge in [-0.15, -0.1) is 11.3 Å². The van der Waals surface area contributed by atoms with Crippen molar-refractivity contribution in [1.82, 2.24) is 10.3 Å². The third-order valence-corrected chi connectivity index (χ3v) is 6.15. The van der Waals surface area contributed by atoms with E-state index in [0.717, 1.165) is 40.9 Å². The average Bonchev–Trinajstić information content (AvgIpc) is 3.38. The quantitative estimate of drug-likeness (QED) is 0.626. The number of rotatable bonds is 6. The normalized spacial score (nSPS) is 16.1. The Morgan fingerprint density at radius 1 is 1.20 bits per heavy atom. The number of carbonyl (C=O) groups excluding carboxylic acids is 1. The Morgan fingerprint density at radius 2 is 2.00 bits per heavy atom. The van der Waals surface area contributed by atoms with Gasteiger partial charge in [0.15, 0.2) is 11.6 Å². The fourth-order valence-electron chi connectivity index (χ4n) is 3.71. The molecule has 1 N–H and O–H groups in total. The van der Waals surface area contributed by atoms with Crippen molar-refractivity contribution >= 4 is 22.9 Å². The maximum Gasteiger partial charge on any atom is 0.224 e. The van der Waals surface area contributed by atoms with Crippen molar-refractivity contribution in [3.63, 3.8) is 0 Å². The molecule has 1 fully saturated rings. The van der Waals surface area contributed by atoms with E-state index in [-0.39, 0.29) is 11.8 Å². The standard InChI is InChI=1S/C23H23F2N3OS/c1-15-27-22(14-30-15)18-4-2-16(3-5-18)10-23(29)26-12-17-8-9-28(13-17)19-6-7-20(24)21(25)11-19/h2-7,11,14,17H,8-10,12-13H2,1H3,(H,26,29). The van der Waals surface area contributed by atoms with Gasteiger partial charge in [-0.05, 0) is 37.0 Å². The Bertz CT molecular complexity index is 1040.